The average Bonchev–Trinajstić information content (AvgIpc) is 2.74. The molecule has 0 aliphatic rings. The molecule has 2 heterocycles. The fourth-order valence-electron chi connectivity index (χ4n) is 1.04. The summed E-state index contributed by atoms with van der Waals surface area (Å²) in [5.74, 6) is 2.68. The maximum absolute atomic E-state index is 5.36. The number of rotatable bonds is 1. The molecule has 0 radical (unpaired) electrons. The molecule has 0 unspecified atom stereocenters. The van der Waals surface area contributed by atoms with E-state index in [1.807, 2.05) is 11.4 Å². The lowest BCUT2D eigenvalue weighted by atomic mass is 10.2. The van der Waals surface area contributed by atoms with Crippen LogP contribution in [0.15, 0.2) is 28.3 Å². The Labute approximate surface area is 79.5 Å². The molecule has 12 heavy (non-hydrogen) atoms. The molecule has 0 nitrogen and oxygen atoms in total. The van der Waals surface area contributed by atoms with E-state index in [9.17, 15) is 0 Å². The quantitative estimate of drug-likeness (QED) is 0.604. The molecule has 0 saturated heterocycles. The molecule has 2 aromatic heterocycles. The minimum atomic E-state index is 0.999. The number of thiophene rings is 2. The molecular formula is C10H6S2. The van der Waals surface area contributed by atoms with E-state index in [1.165, 1.54) is 10.4 Å². The van der Waals surface area contributed by atoms with E-state index in [0.717, 1.165) is 5.56 Å². The van der Waals surface area contributed by atoms with E-state index in [-0.39, 0.29) is 0 Å². The van der Waals surface area contributed by atoms with E-state index >= 15 is 0 Å². The fraction of sp³-hybridized carbons (Fsp3) is 0. The van der Waals surface area contributed by atoms with Crippen molar-refractivity contribution in [1.29, 1.82) is 0 Å². The Morgan fingerprint density at radius 2 is 2.17 bits per heavy atom. The standard InChI is InChI=1S/C10H6S2/c1-2-8-4-6-12-10(8)9-3-5-11-7-9/h1,3-7H. The zero-order chi connectivity index (χ0) is 8.39. The molecule has 58 valence electrons. The van der Waals surface area contributed by atoms with Crippen molar-refractivity contribution in [3.05, 3.63) is 33.8 Å². The third-order valence-electron chi connectivity index (χ3n) is 1.60. The van der Waals surface area contributed by atoms with Gasteiger partial charge in [0.05, 0.1) is 4.88 Å². The van der Waals surface area contributed by atoms with Crippen LogP contribution in [0.25, 0.3) is 10.4 Å². The maximum Gasteiger partial charge on any atom is 0.0507 e. The van der Waals surface area contributed by atoms with Crippen molar-refractivity contribution in [2.75, 3.05) is 0 Å². The molecule has 0 bridgehead atoms. The van der Waals surface area contributed by atoms with Crippen LogP contribution in [0.1, 0.15) is 5.56 Å². The summed E-state index contributed by atoms with van der Waals surface area (Å²) in [5, 5.41) is 6.21. The van der Waals surface area contributed by atoms with E-state index < -0.39 is 0 Å². The van der Waals surface area contributed by atoms with Gasteiger partial charge in [-0.25, -0.2) is 0 Å². The Morgan fingerprint density at radius 3 is 2.83 bits per heavy atom. The maximum atomic E-state index is 5.36. The first-order valence-electron chi connectivity index (χ1n) is 3.48. The minimum absolute atomic E-state index is 0.999. The molecule has 0 saturated carbocycles. The van der Waals surface area contributed by atoms with Gasteiger partial charge in [-0.1, -0.05) is 5.92 Å². The first-order valence-corrected chi connectivity index (χ1v) is 5.31. The van der Waals surface area contributed by atoms with E-state index in [0.29, 0.717) is 0 Å². The summed E-state index contributed by atoms with van der Waals surface area (Å²) in [6, 6.07) is 4.08. The van der Waals surface area contributed by atoms with Crippen molar-refractivity contribution in [3.8, 4) is 22.8 Å². The van der Waals surface area contributed by atoms with Crippen molar-refractivity contribution in [2.45, 2.75) is 0 Å². The smallest absolute Gasteiger partial charge is 0.0507 e. The summed E-state index contributed by atoms with van der Waals surface area (Å²) < 4.78 is 0. The zero-order valence-electron chi connectivity index (χ0n) is 6.28. The second-order valence-electron chi connectivity index (χ2n) is 2.32. The summed E-state index contributed by atoms with van der Waals surface area (Å²) in [4.78, 5) is 1.21. The second-order valence-corrected chi connectivity index (χ2v) is 4.02. The van der Waals surface area contributed by atoms with Crippen LogP contribution < -0.4 is 0 Å². The highest BCUT2D eigenvalue weighted by molar-refractivity contribution is 7.14. The van der Waals surface area contributed by atoms with Crippen LogP contribution in [-0.2, 0) is 0 Å². The van der Waals surface area contributed by atoms with Crippen molar-refractivity contribution in [2.24, 2.45) is 0 Å². The first-order chi connectivity index (χ1) is 5.92. The molecule has 2 aromatic rings. The summed E-state index contributed by atoms with van der Waals surface area (Å²) in [7, 11) is 0. The minimum Gasteiger partial charge on any atom is -0.152 e. The molecule has 0 aromatic carbocycles. The van der Waals surface area contributed by atoms with Crippen LogP contribution in [0, 0.1) is 12.3 Å². The van der Waals surface area contributed by atoms with Crippen molar-refractivity contribution < 1.29 is 0 Å². The van der Waals surface area contributed by atoms with Crippen LogP contribution in [0.3, 0.4) is 0 Å². The molecule has 0 aliphatic heterocycles. The van der Waals surface area contributed by atoms with Gasteiger partial charge in [-0.2, -0.15) is 11.3 Å². The lowest BCUT2D eigenvalue weighted by Gasteiger charge is -1.91. The zero-order valence-corrected chi connectivity index (χ0v) is 7.91. The molecule has 0 amide bonds. The first kappa shape index (κ1) is 7.60. The highest BCUT2D eigenvalue weighted by Gasteiger charge is 2.03. The molecular weight excluding hydrogens is 184 g/mol. The fourth-order valence-corrected chi connectivity index (χ4v) is 2.62. The molecule has 2 rings (SSSR count). The van der Waals surface area contributed by atoms with Gasteiger partial charge in [0.15, 0.2) is 0 Å². The number of hydrogen-bond donors (Lipinski definition) is 0. The molecule has 0 atom stereocenters. The third-order valence-corrected chi connectivity index (χ3v) is 3.25. The van der Waals surface area contributed by atoms with Crippen LogP contribution in [0.4, 0.5) is 0 Å². The van der Waals surface area contributed by atoms with E-state index in [1.54, 1.807) is 22.7 Å². The largest absolute Gasteiger partial charge is 0.152 e. The van der Waals surface area contributed by atoms with Crippen molar-refractivity contribution >= 4 is 22.7 Å². The van der Waals surface area contributed by atoms with Gasteiger partial charge in [-0.3, -0.25) is 0 Å². The summed E-state index contributed by atoms with van der Waals surface area (Å²) in [5.41, 5.74) is 2.24. The Bertz CT molecular complexity index is 401. The molecule has 0 fully saturated rings. The number of hydrogen-bond acceptors (Lipinski definition) is 2. The molecule has 0 N–H and O–H groups in total. The predicted molar refractivity (Wildman–Crippen MR) is 55.6 cm³/mol. The summed E-state index contributed by atoms with van der Waals surface area (Å²) >= 11 is 3.39. The van der Waals surface area contributed by atoms with Gasteiger partial charge < -0.3 is 0 Å². The SMILES string of the molecule is C#Cc1ccsc1-c1ccsc1. The van der Waals surface area contributed by atoms with Gasteiger partial charge in [0.25, 0.3) is 0 Å². The number of terminal acetylenes is 1. The lowest BCUT2D eigenvalue weighted by Crippen LogP contribution is -1.70. The Morgan fingerprint density at radius 1 is 1.25 bits per heavy atom. The van der Waals surface area contributed by atoms with Crippen LogP contribution in [0.5, 0.6) is 0 Å². The normalized spacial score (nSPS) is 9.58. The van der Waals surface area contributed by atoms with Gasteiger partial charge in [-0.05, 0) is 28.3 Å². The predicted octanol–water partition coefficient (Wildman–Crippen LogP) is 3.46. The van der Waals surface area contributed by atoms with Crippen LogP contribution >= 0.6 is 22.7 Å². The second kappa shape index (κ2) is 3.14. The Balaban J connectivity index is 2.55. The molecule has 2 heteroatoms. The average molecular weight is 190 g/mol. The van der Waals surface area contributed by atoms with Crippen LogP contribution in [-0.4, -0.2) is 0 Å². The lowest BCUT2D eigenvalue weighted by molar-refractivity contribution is 1.80. The van der Waals surface area contributed by atoms with Gasteiger partial charge in [0.1, 0.15) is 0 Å². The van der Waals surface area contributed by atoms with Gasteiger partial charge in [0, 0.05) is 11.1 Å². The topological polar surface area (TPSA) is 0 Å². The highest BCUT2D eigenvalue weighted by Crippen LogP contribution is 2.30. The summed E-state index contributed by atoms with van der Waals surface area (Å²) in [6.07, 6.45) is 5.36. The van der Waals surface area contributed by atoms with E-state index in [4.69, 9.17) is 6.42 Å². The molecule has 0 spiro atoms. The van der Waals surface area contributed by atoms with Crippen molar-refractivity contribution in [3.63, 3.8) is 0 Å². The summed E-state index contributed by atoms with van der Waals surface area (Å²) in [6.45, 7) is 0. The Hall–Kier alpha value is -1.04. The highest BCUT2D eigenvalue weighted by atomic mass is 32.1. The van der Waals surface area contributed by atoms with Gasteiger partial charge in [-0.15, -0.1) is 17.8 Å². The third kappa shape index (κ3) is 1.18. The van der Waals surface area contributed by atoms with Gasteiger partial charge in [0.2, 0.25) is 0 Å². The molecule has 0 aliphatic carbocycles. The van der Waals surface area contributed by atoms with Crippen LogP contribution in [0.2, 0.25) is 0 Å². The van der Waals surface area contributed by atoms with Gasteiger partial charge >= 0.3 is 0 Å². The Kier molecular flexibility index (Phi) is 1.99. The van der Waals surface area contributed by atoms with E-state index in [2.05, 4.69) is 22.7 Å². The van der Waals surface area contributed by atoms with Crippen molar-refractivity contribution in [1.82, 2.24) is 0 Å². The monoisotopic (exact) mass is 190 g/mol.